The Kier molecular flexibility index (Phi) is 4.95. The molecule has 1 aliphatic rings. The van der Waals surface area contributed by atoms with E-state index in [1.807, 2.05) is 13.0 Å². The van der Waals surface area contributed by atoms with Gasteiger partial charge in [-0.25, -0.2) is 13.2 Å². The van der Waals surface area contributed by atoms with Gasteiger partial charge < -0.3 is 5.11 Å². The molecule has 0 spiro atoms. The van der Waals surface area contributed by atoms with Crippen LogP contribution in [0.2, 0.25) is 0 Å². The Balaban J connectivity index is 2.68. The van der Waals surface area contributed by atoms with E-state index in [9.17, 15) is 18.3 Å². The smallest absolute Gasteiger partial charge is 0.336 e. The zero-order valence-corrected chi connectivity index (χ0v) is 14.2. The maximum absolute atomic E-state index is 12.2. The highest BCUT2D eigenvalue weighted by molar-refractivity contribution is 7.90. The predicted octanol–water partition coefficient (Wildman–Crippen LogP) is 3.64. The van der Waals surface area contributed by atoms with E-state index in [1.54, 1.807) is 0 Å². The third-order valence-corrected chi connectivity index (χ3v) is 5.80. The summed E-state index contributed by atoms with van der Waals surface area (Å²) < 4.78 is 24.3. The van der Waals surface area contributed by atoms with Crippen LogP contribution in [0, 0.1) is 5.92 Å². The molecule has 1 aromatic rings. The molecule has 5 heteroatoms. The van der Waals surface area contributed by atoms with Crippen LogP contribution in [0.15, 0.2) is 17.0 Å². The number of hydrogen-bond donors (Lipinski definition) is 1. The van der Waals surface area contributed by atoms with Crippen LogP contribution in [0.1, 0.15) is 66.9 Å². The van der Waals surface area contributed by atoms with Crippen molar-refractivity contribution in [3.63, 3.8) is 0 Å². The first kappa shape index (κ1) is 17.0. The van der Waals surface area contributed by atoms with Gasteiger partial charge >= 0.3 is 5.97 Å². The number of aryl methyl sites for hydroxylation is 1. The number of carboxylic acid groups (broad SMARTS) is 1. The molecule has 22 heavy (non-hydrogen) atoms. The maximum atomic E-state index is 12.2. The van der Waals surface area contributed by atoms with Gasteiger partial charge in [0.25, 0.3) is 0 Å². The molecule has 0 radical (unpaired) electrons. The molecule has 122 valence electrons. The lowest BCUT2D eigenvalue weighted by molar-refractivity contribution is 0.0695. The fraction of sp³-hybridized carbons (Fsp3) is 0.588. The molecule has 0 aliphatic heterocycles. The maximum Gasteiger partial charge on any atom is 0.336 e. The van der Waals surface area contributed by atoms with E-state index in [0.717, 1.165) is 43.1 Å². The first-order valence-corrected chi connectivity index (χ1v) is 9.75. The third kappa shape index (κ3) is 3.35. The number of benzene rings is 1. The zero-order chi connectivity index (χ0) is 16.5. The minimum absolute atomic E-state index is 0.122. The Hall–Kier alpha value is -1.36. The standard InChI is InChI=1S/C17H24O4S/c1-4-6-12-9-15(13-8-5-7-11(13)2)16(22(3,20)21)10-14(12)17(18)19/h9-11,13H,4-8H2,1-3H3,(H,18,19). The van der Waals surface area contributed by atoms with E-state index in [1.165, 1.54) is 6.07 Å². The average Bonchev–Trinajstić information content (AvgIpc) is 2.83. The summed E-state index contributed by atoms with van der Waals surface area (Å²) in [5, 5.41) is 9.40. The van der Waals surface area contributed by atoms with Crippen molar-refractivity contribution in [3.05, 3.63) is 28.8 Å². The number of aromatic carboxylic acids is 1. The van der Waals surface area contributed by atoms with Crippen molar-refractivity contribution < 1.29 is 18.3 Å². The number of hydrogen-bond acceptors (Lipinski definition) is 3. The van der Waals surface area contributed by atoms with Crippen molar-refractivity contribution in [1.29, 1.82) is 0 Å². The first-order valence-electron chi connectivity index (χ1n) is 7.85. The van der Waals surface area contributed by atoms with E-state index in [4.69, 9.17) is 0 Å². The predicted molar refractivity (Wildman–Crippen MR) is 86.3 cm³/mol. The van der Waals surface area contributed by atoms with E-state index >= 15 is 0 Å². The Morgan fingerprint density at radius 3 is 2.45 bits per heavy atom. The van der Waals surface area contributed by atoms with Gasteiger partial charge in [-0.05, 0) is 41.9 Å². The topological polar surface area (TPSA) is 71.4 Å². The molecule has 1 saturated carbocycles. The number of sulfone groups is 1. The molecule has 1 aliphatic carbocycles. The minimum Gasteiger partial charge on any atom is -0.478 e. The first-order chi connectivity index (χ1) is 10.3. The van der Waals surface area contributed by atoms with E-state index in [2.05, 4.69) is 6.92 Å². The summed E-state index contributed by atoms with van der Waals surface area (Å²) in [6.07, 6.45) is 5.81. The molecule has 0 heterocycles. The molecule has 0 aromatic heterocycles. The molecule has 2 atom stereocenters. The number of carbonyl (C=O) groups is 1. The lowest BCUT2D eigenvalue weighted by Crippen LogP contribution is -2.13. The van der Waals surface area contributed by atoms with Crippen molar-refractivity contribution in [1.82, 2.24) is 0 Å². The van der Waals surface area contributed by atoms with Crippen LogP contribution in [-0.4, -0.2) is 25.7 Å². The van der Waals surface area contributed by atoms with Crippen LogP contribution in [0.25, 0.3) is 0 Å². The number of carboxylic acids is 1. The van der Waals surface area contributed by atoms with Crippen LogP contribution in [-0.2, 0) is 16.3 Å². The van der Waals surface area contributed by atoms with Crippen molar-refractivity contribution in [3.8, 4) is 0 Å². The lowest BCUT2D eigenvalue weighted by atomic mass is 9.87. The van der Waals surface area contributed by atoms with Gasteiger partial charge in [-0.1, -0.05) is 39.2 Å². The van der Waals surface area contributed by atoms with Crippen LogP contribution in [0.5, 0.6) is 0 Å². The normalized spacial score (nSPS) is 22.0. The summed E-state index contributed by atoms with van der Waals surface area (Å²) in [4.78, 5) is 11.7. The molecule has 0 amide bonds. The zero-order valence-electron chi connectivity index (χ0n) is 13.4. The highest BCUT2D eigenvalue weighted by atomic mass is 32.2. The fourth-order valence-corrected chi connectivity index (χ4v) is 4.51. The molecule has 2 unspecified atom stereocenters. The van der Waals surface area contributed by atoms with Gasteiger partial charge in [-0.3, -0.25) is 0 Å². The van der Waals surface area contributed by atoms with Gasteiger partial charge in [-0.15, -0.1) is 0 Å². The molecule has 0 saturated heterocycles. The molecule has 1 aromatic carbocycles. The largest absolute Gasteiger partial charge is 0.478 e. The van der Waals surface area contributed by atoms with Gasteiger partial charge in [0.2, 0.25) is 0 Å². The van der Waals surface area contributed by atoms with Crippen molar-refractivity contribution in [2.45, 2.75) is 56.8 Å². The monoisotopic (exact) mass is 324 g/mol. The quantitative estimate of drug-likeness (QED) is 0.897. The van der Waals surface area contributed by atoms with Crippen molar-refractivity contribution in [2.75, 3.05) is 6.26 Å². The van der Waals surface area contributed by atoms with Crippen LogP contribution >= 0.6 is 0 Å². The van der Waals surface area contributed by atoms with E-state index < -0.39 is 15.8 Å². The van der Waals surface area contributed by atoms with Crippen LogP contribution < -0.4 is 0 Å². The Morgan fingerprint density at radius 2 is 2.00 bits per heavy atom. The summed E-state index contributed by atoms with van der Waals surface area (Å²) in [5.74, 6) is -0.409. The molecule has 1 fully saturated rings. The van der Waals surface area contributed by atoms with Crippen molar-refractivity contribution in [2.24, 2.45) is 5.92 Å². The second kappa shape index (κ2) is 6.41. The lowest BCUT2D eigenvalue weighted by Gasteiger charge is -2.21. The summed E-state index contributed by atoms with van der Waals surface area (Å²) in [6, 6.07) is 3.22. The van der Waals surface area contributed by atoms with Gasteiger partial charge in [0.1, 0.15) is 0 Å². The third-order valence-electron chi connectivity index (χ3n) is 4.65. The summed E-state index contributed by atoms with van der Waals surface area (Å²) in [6.45, 7) is 4.14. The van der Waals surface area contributed by atoms with Gasteiger partial charge in [-0.2, -0.15) is 0 Å². The SMILES string of the molecule is CCCc1cc(C2CCCC2C)c(S(C)(=O)=O)cc1C(=O)O. The summed E-state index contributed by atoms with van der Waals surface area (Å²) in [5.41, 5.74) is 1.69. The van der Waals surface area contributed by atoms with Crippen LogP contribution in [0.4, 0.5) is 0 Å². The molecule has 4 nitrogen and oxygen atoms in total. The average molecular weight is 324 g/mol. The Morgan fingerprint density at radius 1 is 1.32 bits per heavy atom. The highest BCUT2D eigenvalue weighted by Gasteiger charge is 2.30. The summed E-state index contributed by atoms with van der Waals surface area (Å²) >= 11 is 0. The molecule has 1 N–H and O–H groups in total. The second-order valence-corrected chi connectivity index (χ2v) is 8.37. The number of rotatable bonds is 5. The molecular weight excluding hydrogens is 300 g/mol. The summed E-state index contributed by atoms with van der Waals surface area (Å²) in [7, 11) is -3.45. The second-order valence-electron chi connectivity index (χ2n) is 6.39. The van der Waals surface area contributed by atoms with E-state index in [-0.39, 0.29) is 16.4 Å². The van der Waals surface area contributed by atoms with Crippen LogP contribution in [0.3, 0.4) is 0 Å². The Labute approximate surface area is 132 Å². The molecule has 2 rings (SSSR count). The highest BCUT2D eigenvalue weighted by Crippen LogP contribution is 2.42. The fourth-order valence-electron chi connectivity index (χ4n) is 3.54. The molecule has 0 bridgehead atoms. The van der Waals surface area contributed by atoms with Crippen molar-refractivity contribution >= 4 is 15.8 Å². The van der Waals surface area contributed by atoms with E-state index in [0.29, 0.717) is 12.3 Å². The minimum atomic E-state index is -3.45. The van der Waals surface area contributed by atoms with Gasteiger partial charge in [0.05, 0.1) is 10.5 Å². The molecular formula is C17H24O4S. The van der Waals surface area contributed by atoms with Gasteiger partial charge in [0, 0.05) is 6.26 Å². The van der Waals surface area contributed by atoms with Gasteiger partial charge in [0.15, 0.2) is 9.84 Å². The Bertz CT molecular complexity index is 676.